The zero-order chi connectivity index (χ0) is 15.5. The summed E-state index contributed by atoms with van der Waals surface area (Å²) in [6.07, 6.45) is 7.36. The van der Waals surface area contributed by atoms with Crippen molar-refractivity contribution >= 4 is 5.82 Å². The number of nitrogens with one attached hydrogen (secondary N) is 1. The van der Waals surface area contributed by atoms with Crippen LogP contribution in [0.4, 0.5) is 5.82 Å². The zero-order valence-corrected chi connectivity index (χ0v) is 13.7. The lowest BCUT2D eigenvalue weighted by atomic mass is 10.1. The molecule has 5 heteroatoms. The van der Waals surface area contributed by atoms with Gasteiger partial charge in [-0.25, -0.2) is 4.98 Å². The minimum absolute atomic E-state index is 0.0458. The van der Waals surface area contributed by atoms with Crippen LogP contribution in [0.1, 0.15) is 47.0 Å². The zero-order valence-electron chi connectivity index (χ0n) is 13.7. The summed E-state index contributed by atoms with van der Waals surface area (Å²) in [6.45, 7) is 11.5. The molecule has 5 nitrogen and oxygen atoms in total. The highest BCUT2D eigenvalue weighted by atomic mass is 16.1. The van der Waals surface area contributed by atoms with Gasteiger partial charge in [-0.1, -0.05) is 6.42 Å². The Bertz CT molecular complexity index is 512. The Hall–Kier alpha value is -1.36. The molecule has 1 aromatic heterocycles. The van der Waals surface area contributed by atoms with Crippen molar-refractivity contribution in [2.75, 3.05) is 25.0 Å². The molecule has 0 spiro atoms. The minimum Gasteiger partial charge on any atom is -0.362 e. The van der Waals surface area contributed by atoms with E-state index in [4.69, 9.17) is 0 Å². The maximum Gasteiger partial charge on any atom is 0.293 e. The van der Waals surface area contributed by atoms with Gasteiger partial charge in [0.2, 0.25) is 0 Å². The molecule has 1 aromatic rings. The molecule has 1 aliphatic heterocycles. The van der Waals surface area contributed by atoms with Crippen LogP contribution in [0.5, 0.6) is 0 Å². The van der Waals surface area contributed by atoms with E-state index in [0.29, 0.717) is 5.82 Å². The van der Waals surface area contributed by atoms with E-state index in [-0.39, 0.29) is 17.1 Å². The first-order valence-corrected chi connectivity index (χ1v) is 7.95. The molecule has 1 fully saturated rings. The van der Waals surface area contributed by atoms with Gasteiger partial charge >= 0.3 is 0 Å². The summed E-state index contributed by atoms with van der Waals surface area (Å²) in [5, 5.41) is 3.28. The van der Waals surface area contributed by atoms with Crippen LogP contribution in [0.15, 0.2) is 17.2 Å². The monoisotopic (exact) mass is 292 g/mol. The molecular weight excluding hydrogens is 264 g/mol. The van der Waals surface area contributed by atoms with Gasteiger partial charge < -0.3 is 14.8 Å². The molecule has 1 saturated heterocycles. The lowest BCUT2D eigenvalue weighted by molar-refractivity contribution is 0.223. The number of piperidine rings is 1. The van der Waals surface area contributed by atoms with Crippen molar-refractivity contribution in [1.82, 2.24) is 14.5 Å². The molecule has 0 radical (unpaired) electrons. The van der Waals surface area contributed by atoms with Gasteiger partial charge in [-0.15, -0.1) is 0 Å². The third-order valence-electron chi connectivity index (χ3n) is 3.93. The molecule has 2 rings (SSSR count). The number of nitrogens with zero attached hydrogens (tertiary/aromatic N) is 3. The molecule has 0 aliphatic carbocycles. The minimum atomic E-state index is -0.230. The normalized spacial score (nSPS) is 18.5. The van der Waals surface area contributed by atoms with Crippen LogP contribution in [0.2, 0.25) is 0 Å². The molecule has 1 aliphatic rings. The van der Waals surface area contributed by atoms with E-state index in [0.717, 1.165) is 6.54 Å². The number of hydrogen-bond acceptors (Lipinski definition) is 4. The Morgan fingerprint density at radius 3 is 2.57 bits per heavy atom. The molecule has 1 N–H and O–H groups in total. The van der Waals surface area contributed by atoms with Crippen molar-refractivity contribution in [2.45, 2.75) is 58.5 Å². The summed E-state index contributed by atoms with van der Waals surface area (Å²) >= 11 is 0. The summed E-state index contributed by atoms with van der Waals surface area (Å²) in [7, 11) is 0. The van der Waals surface area contributed by atoms with Crippen molar-refractivity contribution in [3.05, 3.63) is 22.7 Å². The highest BCUT2D eigenvalue weighted by molar-refractivity contribution is 5.32. The summed E-state index contributed by atoms with van der Waals surface area (Å²) in [4.78, 5) is 19.2. The molecule has 0 saturated carbocycles. The third kappa shape index (κ3) is 4.30. The SMILES string of the molecule is CC(CN1CCCCC1)Nc1nccn(C(C)(C)C)c1=O. The number of likely N-dealkylation sites (tertiary alicyclic amines) is 1. The van der Waals surface area contributed by atoms with Gasteiger partial charge in [-0.3, -0.25) is 4.79 Å². The van der Waals surface area contributed by atoms with E-state index in [2.05, 4.69) is 22.1 Å². The molecule has 118 valence electrons. The fourth-order valence-electron chi connectivity index (χ4n) is 2.85. The van der Waals surface area contributed by atoms with Crippen LogP contribution in [-0.2, 0) is 5.54 Å². The Morgan fingerprint density at radius 1 is 1.29 bits per heavy atom. The number of hydrogen-bond donors (Lipinski definition) is 1. The third-order valence-corrected chi connectivity index (χ3v) is 3.93. The maximum atomic E-state index is 12.5. The van der Waals surface area contributed by atoms with E-state index >= 15 is 0 Å². The average Bonchev–Trinajstić information content (AvgIpc) is 2.41. The smallest absolute Gasteiger partial charge is 0.293 e. The van der Waals surface area contributed by atoms with Gasteiger partial charge in [0.1, 0.15) is 0 Å². The van der Waals surface area contributed by atoms with Crippen LogP contribution in [-0.4, -0.2) is 40.1 Å². The van der Waals surface area contributed by atoms with Gasteiger partial charge in [0.05, 0.1) is 0 Å². The largest absolute Gasteiger partial charge is 0.362 e. The van der Waals surface area contributed by atoms with Gasteiger partial charge in [-0.05, 0) is 53.6 Å². The molecule has 2 heterocycles. The lowest BCUT2D eigenvalue weighted by Crippen LogP contribution is -2.41. The molecule has 0 aromatic carbocycles. The van der Waals surface area contributed by atoms with Gasteiger partial charge in [-0.2, -0.15) is 0 Å². The second-order valence-electron chi connectivity index (χ2n) is 7.03. The van der Waals surface area contributed by atoms with Crippen molar-refractivity contribution < 1.29 is 0 Å². The fourth-order valence-corrected chi connectivity index (χ4v) is 2.85. The van der Waals surface area contributed by atoms with E-state index in [1.165, 1.54) is 32.4 Å². The molecule has 0 bridgehead atoms. The fraction of sp³-hybridized carbons (Fsp3) is 0.750. The number of aromatic nitrogens is 2. The van der Waals surface area contributed by atoms with E-state index < -0.39 is 0 Å². The molecule has 0 amide bonds. The highest BCUT2D eigenvalue weighted by Gasteiger charge is 2.18. The Balaban J connectivity index is 2.03. The molecule has 21 heavy (non-hydrogen) atoms. The van der Waals surface area contributed by atoms with E-state index in [9.17, 15) is 4.79 Å². The first-order valence-electron chi connectivity index (χ1n) is 7.95. The standard InChI is InChI=1S/C16H28N4O/c1-13(12-19-9-6-5-7-10-19)18-14-15(21)20(11-8-17-14)16(2,3)4/h8,11,13H,5-7,9-10,12H2,1-4H3,(H,17,18). The first kappa shape index (κ1) is 16.0. The Morgan fingerprint density at radius 2 is 1.95 bits per heavy atom. The lowest BCUT2D eigenvalue weighted by Gasteiger charge is -2.29. The number of rotatable bonds is 4. The summed E-state index contributed by atoms with van der Waals surface area (Å²) in [5.74, 6) is 0.455. The topological polar surface area (TPSA) is 50.2 Å². The molecule has 1 unspecified atom stereocenters. The summed E-state index contributed by atoms with van der Waals surface area (Å²) < 4.78 is 1.73. The van der Waals surface area contributed by atoms with Crippen molar-refractivity contribution in [3.8, 4) is 0 Å². The van der Waals surface area contributed by atoms with Crippen molar-refractivity contribution in [1.29, 1.82) is 0 Å². The number of anilines is 1. The Labute approximate surface area is 127 Å². The van der Waals surface area contributed by atoms with E-state index in [1.54, 1.807) is 17.0 Å². The van der Waals surface area contributed by atoms with Gasteiger partial charge in [0.15, 0.2) is 5.82 Å². The predicted octanol–water partition coefficient (Wildman–Crippen LogP) is 2.28. The second kappa shape index (κ2) is 6.60. The van der Waals surface area contributed by atoms with Gasteiger partial charge in [0, 0.05) is 30.5 Å². The highest BCUT2D eigenvalue weighted by Crippen LogP contribution is 2.12. The van der Waals surface area contributed by atoms with Crippen molar-refractivity contribution in [2.24, 2.45) is 0 Å². The quantitative estimate of drug-likeness (QED) is 0.925. The van der Waals surface area contributed by atoms with Crippen LogP contribution in [0, 0.1) is 0 Å². The van der Waals surface area contributed by atoms with E-state index in [1.807, 2.05) is 20.8 Å². The maximum absolute atomic E-state index is 12.5. The second-order valence-corrected chi connectivity index (χ2v) is 7.03. The molecule has 1 atom stereocenters. The van der Waals surface area contributed by atoms with Gasteiger partial charge in [0.25, 0.3) is 5.56 Å². The Kier molecular flexibility index (Phi) is 5.04. The van der Waals surface area contributed by atoms with Crippen LogP contribution in [0.3, 0.4) is 0 Å². The van der Waals surface area contributed by atoms with Crippen LogP contribution < -0.4 is 10.9 Å². The van der Waals surface area contributed by atoms with Crippen molar-refractivity contribution in [3.63, 3.8) is 0 Å². The average molecular weight is 292 g/mol. The summed E-state index contributed by atoms with van der Waals surface area (Å²) in [5.41, 5.74) is -0.275. The first-order chi connectivity index (χ1) is 9.88. The van der Waals surface area contributed by atoms with Crippen LogP contribution in [0.25, 0.3) is 0 Å². The summed E-state index contributed by atoms with van der Waals surface area (Å²) in [6, 6.07) is 0.221. The van der Waals surface area contributed by atoms with Crippen LogP contribution >= 0.6 is 0 Å². The predicted molar refractivity (Wildman–Crippen MR) is 86.9 cm³/mol. The molecular formula is C16H28N4O.